The number of aliphatic hydroxyl groups is 1. The van der Waals surface area contributed by atoms with Gasteiger partial charge in [-0.05, 0) is 30.5 Å². The van der Waals surface area contributed by atoms with Crippen LogP contribution in [0.1, 0.15) is 25.5 Å². The molecule has 0 radical (unpaired) electrons. The van der Waals surface area contributed by atoms with Crippen LogP contribution in [0.25, 0.3) is 11.1 Å². The molecule has 0 spiro atoms. The molecule has 0 fully saturated rings. The van der Waals surface area contributed by atoms with Crippen molar-refractivity contribution in [2.24, 2.45) is 0 Å². The van der Waals surface area contributed by atoms with Crippen LogP contribution >= 0.6 is 0 Å². The highest BCUT2D eigenvalue weighted by atomic mass is 16.3. The quantitative estimate of drug-likeness (QED) is 0.788. The van der Waals surface area contributed by atoms with Gasteiger partial charge in [-0.25, -0.2) is 4.98 Å². The van der Waals surface area contributed by atoms with Crippen LogP contribution in [0.5, 0.6) is 0 Å². The van der Waals surface area contributed by atoms with Gasteiger partial charge >= 0.3 is 0 Å². The summed E-state index contributed by atoms with van der Waals surface area (Å²) < 4.78 is 1.93. The summed E-state index contributed by atoms with van der Waals surface area (Å²) in [6, 6.07) is 18.3. The number of nitrogens with zero attached hydrogens (tertiary/aromatic N) is 2. The molecule has 0 aliphatic carbocycles. The molecule has 0 aliphatic heterocycles. The minimum Gasteiger partial charge on any atom is -0.386 e. The Bertz CT molecular complexity index is 716. The SMILES string of the molecule is CC(C)([C@H](O)c1ccc(-c2ccccc2)cc1)n1ccnc1. The largest absolute Gasteiger partial charge is 0.386 e. The maximum atomic E-state index is 10.7. The number of imidazole rings is 1. The van der Waals surface area contributed by atoms with Crippen molar-refractivity contribution in [3.8, 4) is 11.1 Å². The molecule has 3 aromatic rings. The average molecular weight is 292 g/mol. The lowest BCUT2D eigenvalue weighted by Crippen LogP contribution is -2.32. The number of benzene rings is 2. The predicted molar refractivity (Wildman–Crippen MR) is 88.4 cm³/mol. The van der Waals surface area contributed by atoms with Crippen LogP contribution in [0.4, 0.5) is 0 Å². The van der Waals surface area contributed by atoms with E-state index < -0.39 is 11.6 Å². The van der Waals surface area contributed by atoms with Gasteiger partial charge in [0.1, 0.15) is 6.10 Å². The fraction of sp³-hybridized carbons (Fsp3) is 0.211. The summed E-state index contributed by atoms with van der Waals surface area (Å²) in [7, 11) is 0. The summed E-state index contributed by atoms with van der Waals surface area (Å²) in [4.78, 5) is 4.07. The number of aliphatic hydroxyl groups excluding tert-OH is 1. The maximum absolute atomic E-state index is 10.7. The van der Waals surface area contributed by atoms with Crippen molar-refractivity contribution in [2.75, 3.05) is 0 Å². The summed E-state index contributed by atoms with van der Waals surface area (Å²) in [5, 5.41) is 10.7. The summed E-state index contributed by atoms with van der Waals surface area (Å²) >= 11 is 0. The second-order valence-electron chi connectivity index (χ2n) is 6.01. The van der Waals surface area contributed by atoms with Gasteiger partial charge in [0, 0.05) is 12.4 Å². The maximum Gasteiger partial charge on any atom is 0.102 e. The van der Waals surface area contributed by atoms with Gasteiger partial charge in [0.15, 0.2) is 0 Å². The van der Waals surface area contributed by atoms with E-state index in [-0.39, 0.29) is 0 Å². The first-order valence-corrected chi connectivity index (χ1v) is 7.41. The standard InChI is InChI=1S/C19H20N2O/c1-19(2,21-13-12-20-14-21)18(22)17-10-8-16(9-11-17)15-6-4-3-5-7-15/h3-14,18,22H,1-2H3/t18-/m1/s1. The summed E-state index contributed by atoms with van der Waals surface area (Å²) in [5.74, 6) is 0. The summed E-state index contributed by atoms with van der Waals surface area (Å²) in [6.45, 7) is 4.01. The van der Waals surface area contributed by atoms with Crippen molar-refractivity contribution in [3.05, 3.63) is 78.9 Å². The molecule has 1 aromatic heterocycles. The number of hydrogen-bond donors (Lipinski definition) is 1. The van der Waals surface area contributed by atoms with Crippen LogP contribution in [0.3, 0.4) is 0 Å². The first-order chi connectivity index (χ1) is 10.6. The van der Waals surface area contributed by atoms with E-state index in [2.05, 4.69) is 29.2 Å². The molecular formula is C19H20N2O. The highest BCUT2D eigenvalue weighted by Crippen LogP contribution is 2.32. The smallest absolute Gasteiger partial charge is 0.102 e. The molecule has 22 heavy (non-hydrogen) atoms. The Balaban J connectivity index is 1.87. The first-order valence-electron chi connectivity index (χ1n) is 7.41. The lowest BCUT2D eigenvalue weighted by molar-refractivity contribution is 0.0566. The van der Waals surface area contributed by atoms with E-state index in [0.29, 0.717) is 0 Å². The van der Waals surface area contributed by atoms with E-state index in [9.17, 15) is 5.11 Å². The molecule has 1 heterocycles. The highest BCUT2D eigenvalue weighted by molar-refractivity contribution is 5.63. The third-order valence-corrected chi connectivity index (χ3v) is 4.17. The molecule has 3 heteroatoms. The van der Waals surface area contributed by atoms with Gasteiger partial charge in [-0.15, -0.1) is 0 Å². The average Bonchev–Trinajstić information content (AvgIpc) is 3.10. The molecule has 0 aliphatic rings. The first kappa shape index (κ1) is 14.5. The normalized spacial score (nSPS) is 13.0. The minimum atomic E-state index is -0.605. The monoisotopic (exact) mass is 292 g/mol. The Kier molecular flexibility index (Phi) is 3.82. The Morgan fingerprint density at radius 3 is 2.18 bits per heavy atom. The van der Waals surface area contributed by atoms with E-state index in [1.54, 1.807) is 12.5 Å². The van der Waals surface area contributed by atoms with Crippen LogP contribution in [-0.2, 0) is 5.54 Å². The zero-order chi connectivity index (χ0) is 15.6. The predicted octanol–water partition coefficient (Wildman–Crippen LogP) is 4.02. The number of rotatable bonds is 4. The van der Waals surface area contributed by atoms with Crippen LogP contribution in [0, 0.1) is 0 Å². The van der Waals surface area contributed by atoms with E-state index in [4.69, 9.17) is 0 Å². The van der Waals surface area contributed by atoms with E-state index in [0.717, 1.165) is 11.1 Å². The van der Waals surface area contributed by atoms with Crippen molar-refractivity contribution in [3.63, 3.8) is 0 Å². The molecule has 1 N–H and O–H groups in total. The molecule has 0 amide bonds. The Morgan fingerprint density at radius 1 is 0.955 bits per heavy atom. The second kappa shape index (κ2) is 5.78. The molecule has 0 bridgehead atoms. The van der Waals surface area contributed by atoms with Gasteiger partial charge in [-0.2, -0.15) is 0 Å². The third-order valence-electron chi connectivity index (χ3n) is 4.17. The topological polar surface area (TPSA) is 38.0 Å². The van der Waals surface area contributed by atoms with Crippen molar-refractivity contribution in [1.82, 2.24) is 9.55 Å². The third kappa shape index (κ3) is 2.68. The van der Waals surface area contributed by atoms with Crippen molar-refractivity contribution >= 4 is 0 Å². The molecule has 0 saturated heterocycles. The fourth-order valence-electron chi connectivity index (χ4n) is 2.64. The van der Waals surface area contributed by atoms with E-state index in [1.807, 2.05) is 54.9 Å². The van der Waals surface area contributed by atoms with Gasteiger partial charge in [-0.1, -0.05) is 54.6 Å². The second-order valence-corrected chi connectivity index (χ2v) is 6.01. The molecular weight excluding hydrogens is 272 g/mol. The van der Waals surface area contributed by atoms with Crippen LogP contribution in [0.2, 0.25) is 0 Å². The van der Waals surface area contributed by atoms with Crippen LogP contribution < -0.4 is 0 Å². The van der Waals surface area contributed by atoms with Gasteiger partial charge in [0.25, 0.3) is 0 Å². The summed E-state index contributed by atoms with van der Waals surface area (Å²) in [5.41, 5.74) is 2.78. The number of hydrogen-bond acceptors (Lipinski definition) is 2. The molecule has 112 valence electrons. The minimum absolute atomic E-state index is 0.454. The molecule has 1 atom stereocenters. The molecule has 3 nitrogen and oxygen atoms in total. The molecule has 0 unspecified atom stereocenters. The molecule has 2 aromatic carbocycles. The number of aromatic nitrogens is 2. The Morgan fingerprint density at radius 2 is 1.59 bits per heavy atom. The summed E-state index contributed by atoms with van der Waals surface area (Å²) in [6.07, 6.45) is 4.74. The fourth-order valence-corrected chi connectivity index (χ4v) is 2.64. The molecule has 3 rings (SSSR count). The lowest BCUT2D eigenvalue weighted by atomic mass is 9.90. The van der Waals surface area contributed by atoms with Gasteiger partial charge in [0.2, 0.25) is 0 Å². The van der Waals surface area contributed by atoms with Crippen LogP contribution in [0.15, 0.2) is 73.3 Å². The van der Waals surface area contributed by atoms with Gasteiger partial charge in [0.05, 0.1) is 11.9 Å². The van der Waals surface area contributed by atoms with Crippen molar-refractivity contribution in [2.45, 2.75) is 25.5 Å². The van der Waals surface area contributed by atoms with Crippen molar-refractivity contribution < 1.29 is 5.11 Å². The van der Waals surface area contributed by atoms with E-state index in [1.165, 1.54) is 5.56 Å². The van der Waals surface area contributed by atoms with Crippen molar-refractivity contribution in [1.29, 1.82) is 0 Å². The lowest BCUT2D eigenvalue weighted by Gasteiger charge is -2.32. The highest BCUT2D eigenvalue weighted by Gasteiger charge is 2.30. The zero-order valence-electron chi connectivity index (χ0n) is 12.8. The molecule has 0 saturated carbocycles. The van der Waals surface area contributed by atoms with Crippen LogP contribution in [-0.4, -0.2) is 14.7 Å². The Hall–Kier alpha value is -2.39. The van der Waals surface area contributed by atoms with Gasteiger partial charge in [-0.3, -0.25) is 0 Å². The Labute approximate surface area is 130 Å². The zero-order valence-corrected chi connectivity index (χ0v) is 12.8. The van der Waals surface area contributed by atoms with Gasteiger partial charge < -0.3 is 9.67 Å². The van der Waals surface area contributed by atoms with E-state index >= 15 is 0 Å².